The van der Waals surface area contributed by atoms with Crippen LogP contribution in [0.2, 0.25) is 0 Å². The Morgan fingerprint density at radius 1 is 0.971 bits per heavy atom. The van der Waals surface area contributed by atoms with Crippen molar-refractivity contribution in [1.82, 2.24) is 4.90 Å². The van der Waals surface area contributed by atoms with E-state index in [9.17, 15) is 27.9 Å². The van der Waals surface area contributed by atoms with Gasteiger partial charge in [0.25, 0.3) is 0 Å². The first-order chi connectivity index (χ1) is 16.7. The Kier molecular flexibility index (Phi) is 7.48. The molecular formula is C27H28F3NO4. The molecule has 5 nitrogen and oxygen atoms in total. The van der Waals surface area contributed by atoms with E-state index in [2.05, 4.69) is 0 Å². The molecule has 35 heavy (non-hydrogen) atoms. The number of amides is 1. The first-order valence-corrected chi connectivity index (χ1v) is 11.8. The van der Waals surface area contributed by atoms with Crippen molar-refractivity contribution in [2.24, 2.45) is 11.8 Å². The lowest BCUT2D eigenvalue weighted by Crippen LogP contribution is -2.29. The van der Waals surface area contributed by atoms with Gasteiger partial charge in [0.1, 0.15) is 12.4 Å². The fourth-order valence-electron chi connectivity index (χ4n) is 4.89. The fraction of sp³-hybridized carbons (Fsp3) is 0.407. The summed E-state index contributed by atoms with van der Waals surface area (Å²) in [7, 11) is 0. The summed E-state index contributed by atoms with van der Waals surface area (Å²) in [5.74, 6) is 0.303. The molecule has 186 valence electrons. The Balaban J connectivity index is 1.34. The van der Waals surface area contributed by atoms with E-state index in [-0.39, 0.29) is 24.5 Å². The van der Waals surface area contributed by atoms with E-state index in [1.54, 1.807) is 24.3 Å². The van der Waals surface area contributed by atoms with Crippen LogP contribution in [0.25, 0.3) is 6.08 Å². The highest BCUT2D eigenvalue weighted by molar-refractivity contribution is 5.98. The predicted octanol–water partition coefficient (Wildman–Crippen LogP) is 5.79. The number of benzene rings is 2. The Hall–Kier alpha value is -3.29. The van der Waals surface area contributed by atoms with Gasteiger partial charge < -0.3 is 14.7 Å². The molecule has 1 aliphatic heterocycles. The van der Waals surface area contributed by atoms with Crippen LogP contribution in [0.15, 0.2) is 54.1 Å². The highest BCUT2D eigenvalue weighted by Crippen LogP contribution is 2.36. The molecule has 0 unspecified atom stereocenters. The van der Waals surface area contributed by atoms with Crippen LogP contribution in [0.3, 0.4) is 0 Å². The average molecular weight is 488 g/mol. The van der Waals surface area contributed by atoms with Crippen molar-refractivity contribution in [3.05, 3.63) is 70.8 Å². The van der Waals surface area contributed by atoms with E-state index in [4.69, 9.17) is 4.74 Å². The van der Waals surface area contributed by atoms with E-state index >= 15 is 0 Å². The lowest BCUT2D eigenvalue weighted by atomic mass is 9.82. The van der Waals surface area contributed by atoms with Crippen LogP contribution in [0, 0.1) is 11.8 Å². The molecule has 1 saturated heterocycles. The van der Waals surface area contributed by atoms with Gasteiger partial charge in [0.15, 0.2) is 0 Å². The molecule has 1 N–H and O–H groups in total. The second-order valence-electron chi connectivity index (χ2n) is 9.31. The van der Waals surface area contributed by atoms with Crippen LogP contribution in [-0.4, -0.2) is 35.0 Å². The third kappa shape index (κ3) is 6.44. The number of carboxylic acids is 1. The minimum Gasteiger partial charge on any atom is -0.489 e. The van der Waals surface area contributed by atoms with Gasteiger partial charge in [-0.1, -0.05) is 37.1 Å². The van der Waals surface area contributed by atoms with Crippen LogP contribution in [-0.2, 0) is 22.4 Å². The number of hydrogen-bond donors (Lipinski definition) is 1. The standard InChI is InChI=1S/C27H28F3NO4/c28-27(29,30)23-9-5-19(6-10-23)17-35-24-11-7-18(8-12-24)13-22(26(33)34)14-25(32)31-15-20-3-1-2-4-21(20)16-31/h5-13,20-21H,1-4,14-17H2,(H,33,34)/b22-13+/t20-,21+. The topological polar surface area (TPSA) is 66.8 Å². The Morgan fingerprint density at radius 3 is 2.11 bits per heavy atom. The number of carbonyl (C=O) groups is 2. The molecule has 1 amide bonds. The third-order valence-electron chi connectivity index (χ3n) is 6.85. The summed E-state index contributed by atoms with van der Waals surface area (Å²) >= 11 is 0. The van der Waals surface area contributed by atoms with E-state index < -0.39 is 17.7 Å². The molecule has 4 rings (SSSR count). The molecule has 2 aliphatic rings. The van der Waals surface area contributed by atoms with Gasteiger partial charge in [-0.2, -0.15) is 13.2 Å². The predicted molar refractivity (Wildman–Crippen MR) is 124 cm³/mol. The molecule has 1 saturated carbocycles. The largest absolute Gasteiger partial charge is 0.489 e. The Morgan fingerprint density at radius 2 is 1.57 bits per heavy atom. The number of aliphatic carboxylic acids is 1. The summed E-state index contributed by atoms with van der Waals surface area (Å²) in [4.78, 5) is 26.4. The molecule has 0 spiro atoms. The third-order valence-corrected chi connectivity index (χ3v) is 6.85. The van der Waals surface area contributed by atoms with Gasteiger partial charge in [-0.25, -0.2) is 4.79 Å². The number of alkyl halides is 3. The number of carbonyl (C=O) groups excluding carboxylic acids is 1. The maximum atomic E-state index is 12.8. The number of rotatable bonds is 7. The fourth-order valence-corrected chi connectivity index (χ4v) is 4.89. The van der Waals surface area contributed by atoms with Crippen LogP contribution in [0.1, 0.15) is 48.8 Å². The van der Waals surface area contributed by atoms with E-state index in [0.717, 1.165) is 38.1 Å². The van der Waals surface area contributed by atoms with Crippen LogP contribution in [0.4, 0.5) is 13.2 Å². The van der Waals surface area contributed by atoms with Gasteiger partial charge in [0, 0.05) is 18.7 Å². The molecule has 8 heteroatoms. The Bertz CT molecular complexity index is 1060. The second kappa shape index (κ2) is 10.5. The minimum atomic E-state index is -4.38. The highest BCUT2D eigenvalue weighted by Gasteiger charge is 2.36. The number of ether oxygens (including phenoxy) is 1. The van der Waals surface area contributed by atoms with Crippen molar-refractivity contribution in [2.45, 2.75) is 44.9 Å². The number of fused-ring (bicyclic) bond motifs is 1. The lowest BCUT2D eigenvalue weighted by molar-refractivity contribution is -0.137. The van der Waals surface area contributed by atoms with Gasteiger partial charge in [-0.05, 0) is 66.1 Å². The molecule has 2 atom stereocenters. The normalized spacial score (nSPS) is 20.4. The number of likely N-dealkylation sites (tertiary alicyclic amines) is 1. The molecule has 0 aromatic heterocycles. The van der Waals surface area contributed by atoms with Crippen molar-refractivity contribution < 1.29 is 32.6 Å². The van der Waals surface area contributed by atoms with Crippen molar-refractivity contribution in [1.29, 1.82) is 0 Å². The zero-order valence-corrected chi connectivity index (χ0v) is 19.3. The van der Waals surface area contributed by atoms with Crippen molar-refractivity contribution in [3.63, 3.8) is 0 Å². The summed E-state index contributed by atoms with van der Waals surface area (Å²) < 4.78 is 43.6. The summed E-state index contributed by atoms with van der Waals surface area (Å²) in [5.41, 5.74) is 0.527. The monoisotopic (exact) mass is 487 g/mol. The van der Waals surface area contributed by atoms with Crippen molar-refractivity contribution >= 4 is 18.0 Å². The van der Waals surface area contributed by atoms with Crippen molar-refractivity contribution in [2.75, 3.05) is 13.1 Å². The van der Waals surface area contributed by atoms with Gasteiger partial charge in [-0.15, -0.1) is 0 Å². The Labute approximate surface area is 202 Å². The van der Waals surface area contributed by atoms with Crippen molar-refractivity contribution in [3.8, 4) is 5.75 Å². The maximum Gasteiger partial charge on any atom is 0.416 e. The van der Waals surface area contributed by atoms with Gasteiger partial charge >= 0.3 is 12.1 Å². The molecular weight excluding hydrogens is 459 g/mol. The van der Waals surface area contributed by atoms with Gasteiger partial charge in [0.05, 0.1) is 12.0 Å². The summed E-state index contributed by atoms with van der Waals surface area (Å²) in [6, 6.07) is 11.4. The molecule has 2 aromatic carbocycles. The molecule has 0 radical (unpaired) electrons. The summed E-state index contributed by atoms with van der Waals surface area (Å²) in [6.45, 7) is 1.54. The van der Waals surface area contributed by atoms with Crippen LogP contribution < -0.4 is 4.74 Å². The minimum absolute atomic E-state index is 0.0308. The van der Waals surface area contributed by atoms with Crippen LogP contribution >= 0.6 is 0 Å². The number of carboxylic acid groups (broad SMARTS) is 1. The smallest absolute Gasteiger partial charge is 0.416 e. The first-order valence-electron chi connectivity index (χ1n) is 11.8. The SMILES string of the molecule is O=C(O)/C(=C/c1ccc(OCc2ccc(C(F)(F)F)cc2)cc1)CC(=O)N1C[C@H]2CCCC[C@H]2C1. The quantitative estimate of drug-likeness (QED) is 0.502. The second-order valence-corrected chi connectivity index (χ2v) is 9.31. The summed E-state index contributed by atoms with van der Waals surface area (Å²) in [5, 5.41) is 9.63. The molecule has 1 aliphatic carbocycles. The van der Waals surface area contributed by atoms with Gasteiger partial charge in [-0.3, -0.25) is 4.79 Å². The summed E-state index contributed by atoms with van der Waals surface area (Å²) in [6.07, 6.45) is 1.65. The van der Waals surface area contributed by atoms with E-state index in [0.29, 0.717) is 28.7 Å². The molecule has 2 fully saturated rings. The molecule has 1 heterocycles. The maximum absolute atomic E-state index is 12.8. The van der Waals surface area contributed by atoms with E-state index in [1.165, 1.54) is 31.1 Å². The zero-order chi connectivity index (χ0) is 25.0. The highest BCUT2D eigenvalue weighted by atomic mass is 19.4. The zero-order valence-electron chi connectivity index (χ0n) is 19.3. The lowest BCUT2D eigenvalue weighted by Gasteiger charge is -2.22. The first kappa shape index (κ1) is 24.8. The van der Waals surface area contributed by atoms with E-state index in [1.807, 2.05) is 4.90 Å². The van der Waals surface area contributed by atoms with Crippen LogP contribution in [0.5, 0.6) is 5.75 Å². The number of halogens is 3. The molecule has 0 bridgehead atoms. The molecule has 2 aromatic rings. The number of nitrogens with zero attached hydrogens (tertiary/aromatic N) is 1. The average Bonchev–Trinajstić information content (AvgIpc) is 3.27. The number of hydrogen-bond acceptors (Lipinski definition) is 3. The van der Waals surface area contributed by atoms with Gasteiger partial charge in [0.2, 0.25) is 5.91 Å².